The molecule has 0 aromatic carbocycles. The van der Waals surface area contributed by atoms with E-state index in [0.29, 0.717) is 12.8 Å². The molecule has 5 nitrogen and oxygen atoms in total. The van der Waals surface area contributed by atoms with Crippen LogP contribution in [-0.4, -0.2) is 22.0 Å². The zero-order valence-corrected chi connectivity index (χ0v) is 11.7. The highest BCUT2D eigenvalue weighted by atomic mass is 16.4. The lowest BCUT2D eigenvalue weighted by molar-refractivity contribution is -0.146. The molecule has 1 amide bonds. The summed E-state index contributed by atoms with van der Waals surface area (Å²) >= 11 is 0. The number of carbonyl (C=O) groups excluding carboxylic acids is 1. The average molecular weight is 276 g/mol. The van der Waals surface area contributed by atoms with E-state index in [9.17, 15) is 14.7 Å². The van der Waals surface area contributed by atoms with Gasteiger partial charge in [-0.1, -0.05) is 6.92 Å². The fourth-order valence-electron chi connectivity index (χ4n) is 2.91. The Morgan fingerprint density at radius 2 is 1.90 bits per heavy atom. The van der Waals surface area contributed by atoms with E-state index in [1.165, 1.54) is 0 Å². The molecule has 0 saturated heterocycles. The lowest BCUT2D eigenvalue weighted by Crippen LogP contribution is -2.36. The van der Waals surface area contributed by atoms with Gasteiger partial charge in [0.1, 0.15) is 0 Å². The van der Waals surface area contributed by atoms with Gasteiger partial charge < -0.3 is 10.4 Å². The smallest absolute Gasteiger partial charge is 0.307 e. The summed E-state index contributed by atoms with van der Waals surface area (Å²) in [5.41, 5.74) is 0.964. The van der Waals surface area contributed by atoms with Crippen molar-refractivity contribution in [2.75, 3.05) is 0 Å². The Bertz CT molecular complexity index is 489. The van der Waals surface area contributed by atoms with Gasteiger partial charge in [0.2, 0.25) is 5.91 Å². The fraction of sp³-hybridized carbons (Fsp3) is 0.533. The van der Waals surface area contributed by atoms with Gasteiger partial charge in [-0.2, -0.15) is 0 Å². The van der Waals surface area contributed by atoms with Gasteiger partial charge in [-0.05, 0) is 43.4 Å². The van der Waals surface area contributed by atoms with Gasteiger partial charge >= 0.3 is 5.97 Å². The summed E-state index contributed by atoms with van der Waals surface area (Å²) in [4.78, 5) is 27.5. The molecule has 4 atom stereocenters. The highest BCUT2D eigenvalue weighted by molar-refractivity contribution is 5.85. The van der Waals surface area contributed by atoms with Gasteiger partial charge in [0.05, 0.1) is 17.9 Å². The lowest BCUT2D eigenvalue weighted by atomic mass is 9.95. The number of aliphatic carboxylic acids is 1. The molecule has 108 valence electrons. The third kappa shape index (κ3) is 3.15. The Kier molecular flexibility index (Phi) is 4.37. The molecule has 3 unspecified atom stereocenters. The first kappa shape index (κ1) is 14.5. The SMILES string of the molecule is CC1CC(C(=O)O)C(C(=O)N[C@H](C)c2ccncc2)C1. The van der Waals surface area contributed by atoms with E-state index in [-0.39, 0.29) is 17.9 Å². The van der Waals surface area contributed by atoms with Crippen LogP contribution in [0, 0.1) is 17.8 Å². The molecule has 1 aliphatic carbocycles. The molecule has 0 bridgehead atoms. The number of hydrogen-bond donors (Lipinski definition) is 2. The second kappa shape index (κ2) is 6.03. The third-order valence-electron chi connectivity index (χ3n) is 4.02. The summed E-state index contributed by atoms with van der Waals surface area (Å²) in [7, 11) is 0. The van der Waals surface area contributed by atoms with Crippen molar-refractivity contribution in [3.8, 4) is 0 Å². The quantitative estimate of drug-likeness (QED) is 0.881. The molecule has 1 fully saturated rings. The van der Waals surface area contributed by atoms with Crippen molar-refractivity contribution in [2.24, 2.45) is 17.8 Å². The highest BCUT2D eigenvalue weighted by Gasteiger charge is 2.41. The molecule has 0 aliphatic heterocycles. The second-order valence-corrected chi connectivity index (χ2v) is 5.64. The third-order valence-corrected chi connectivity index (χ3v) is 4.02. The number of pyridine rings is 1. The summed E-state index contributed by atoms with van der Waals surface area (Å²) < 4.78 is 0. The van der Waals surface area contributed by atoms with Crippen LogP contribution in [0.5, 0.6) is 0 Å². The standard InChI is InChI=1S/C15H20N2O3/c1-9-7-12(13(8-9)15(19)20)14(18)17-10(2)11-3-5-16-6-4-11/h3-6,9-10,12-13H,7-8H2,1-2H3,(H,17,18)(H,19,20)/t9?,10-,12?,13?/m1/s1. The molecule has 0 spiro atoms. The molecule has 1 aromatic heterocycles. The van der Waals surface area contributed by atoms with Gasteiger partial charge in [0, 0.05) is 12.4 Å². The van der Waals surface area contributed by atoms with E-state index in [1.807, 2.05) is 26.0 Å². The van der Waals surface area contributed by atoms with Crippen LogP contribution < -0.4 is 5.32 Å². The summed E-state index contributed by atoms with van der Waals surface area (Å²) in [5, 5.41) is 12.1. The molecule has 1 aliphatic rings. The molecule has 5 heteroatoms. The van der Waals surface area contributed by atoms with E-state index in [0.717, 1.165) is 5.56 Å². The molecule has 2 rings (SSSR count). The average Bonchev–Trinajstić information content (AvgIpc) is 2.82. The van der Waals surface area contributed by atoms with Gasteiger partial charge in [0.25, 0.3) is 0 Å². The van der Waals surface area contributed by atoms with E-state index in [1.54, 1.807) is 12.4 Å². The molecular formula is C15H20N2O3. The van der Waals surface area contributed by atoms with Crippen LogP contribution in [0.15, 0.2) is 24.5 Å². The van der Waals surface area contributed by atoms with Gasteiger partial charge in [-0.15, -0.1) is 0 Å². The number of hydrogen-bond acceptors (Lipinski definition) is 3. The molecule has 1 heterocycles. The topological polar surface area (TPSA) is 79.3 Å². The largest absolute Gasteiger partial charge is 0.481 e. The maximum absolute atomic E-state index is 12.3. The van der Waals surface area contributed by atoms with E-state index in [2.05, 4.69) is 10.3 Å². The van der Waals surface area contributed by atoms with Crippen LogP contribution >= 0.6 is 0 Å². The Morgan fingerprint density at radius 3 is 2.50 bits per heavy atom. The number of aromatic nitrogens is 1. The number of carboxylic acid groups (broad SMARTS) is 1. The summed E-state index contributed by atoms with van der Waals surface area (Å²) in [6.07, 6.45) is 4.58. The van der Waals surface area contributed by atoms with E-state index < -0.39 is 17.8 Å². The second-order valence-electron chi connectivity index (χ2n) is 5.64. The Balaban J connectivity index is 2.02. The van der Waals surface area contributed by atoms with Crippen LogP contribution in [0.1, 0.15) is 38.3 Å². The molecule has 1 saturated carbocycles. The molecular weight excluding hydrogens is 256 g/mol. The summed E-state index contributed by atoms with van der Waals surface area (Å²) in [6, 6.07) is 3.55. The van der Waals surface area contributed by atoms with Crippen molar-refractivity contribution in [3.63, 3.8) is 0 Å². The summed E-state index contributed by atoms with van der Waals surface area (Å²) in [5.74, 6) is -1.73. The van der Waals surface area contributed by atoms with Gasteiger partial charge in [-0.25, -0.2) is 0 Å². The number of nitrogens with one attached hydrogen (secondary N) is 1. The maximum atomic E-state index is 12.3. The first-order valence-electron chi connectivity index (χ1n) is 6.92. The van der Waals surface area contributed by atoms with Crippen LogP contribution in [0.3, 0.4) is 0 Å². The molecule has 1 aromatic rings. The van der Waals surface area contributed by atoms with Crippen LogP contribution in [0.4, 0.5) is 0 Å². The maximum Gasteiger partial charge on any atom is 0.307 e. The van der Waals surface area contributed by atoms with Gasteiger partial charge in [-0.3, -0.25) is 14.6 Å². The summed E-state index contributed by atoms with van der Waals surface area (Å²) in [6.45, 7) is 3.89. The molecule has 20 heavy (non-hydrogen) atoms. The molecule has 2 N–H and O–H groups in total. The van der Waals surface area contributed by atoms with Crippen molar-refractivity contribution < 1.29 is 14.7 Å². The minimum absolute atomic E-state index is 0.143. The normalized spacial score (nSPS) is 27.0. The lowest BCUT2D eigenvalue weighted by Gasteiger charge is -2.19. The molecule has 0 radical (unpaired) electrons. The Hall–Kier alpha value is -1.91. The zero-order chi connectivity index (χ0) is 14.7. The number of rotatable bonds is 4. The predicted octanol–water partition coefficient (Wildman–Crippen LogP) is 2.01. The number of carboxylic acids is 1. The first-order valence-corrected chi connectivity index (χ1v) is 6.92. The van der Waals surface area contributed by atoms with Crippen molar-refractivity contribution in [1.29, 1.82) is 0 Å². The number of amides is 1. The highest BCUT2D eigenvalue weighted by Crippen LogP contribution is 2.36. The minimum atomic E-state index is -0.869. The van der Waals surface area contributed by atoms with Gasteiger partial charge in [0.15, 0.2) is 0 Å². The zero-order valence-electron chi connectivity index (χ0n) is 11.7. The van der Waals surface area contributed by atoms with Crippen molar-refractivity contribution in [1.82, 2.24) is 10.3 Å². The van der Waals surface area contributed by atoms with Crippen molar-refractivity contribution in [2.45, 2.75) is 32.7 Å². The van der Waals surface area contributed by atoms with Crippen LogP contribution in [0.25, 0.3) is 0 Å². The van der Waals surface area contributed by atoms with E-state index in [4.69, 9.17) is 0 Å². The van der Waals surface area contributed by atoms with E-state index >= 15 is 0 Å². The monoisotopic (exact) mass is 276 g/mol. The fourth-order valence-corrected chi connectivity index (χ4v) is 2.91. The van der Waals surface area contributed by atoms with Crippen molar-refractivity contribution in [3.05, 3.63) is 30.1 Å². The Labute approximate surface area is 118 Å². The number of carbonyl (C=O) groups is 2. The number of nitrogens with zero attached hydrogens (tertiary/aromatic N) is 1. The minimum Gasteiger partial charge on any atom is -0.481 e. The predicted molar refractivity (Wildman–Crippen MR) is 73.8 cm³/mol. The van der Waals surface area contributed by atoms with Crippen LogP contribution in [-0.2, 0) is 9.59 Å². The van der Waals surface area contributed by atoms with Crippen LogP contribution in [0.2, 0.25) is 0 Å². The first-order chi connectivity index (χ1) is 9.49. The van der Waals surface area contributed by atoms with Crippen molar-refractivity contribution >= 4 is 11.9 Å². The Morgan fingerprint density at radius 1 is 1.30 bits per heavy atom.